The van der Waals surface area contributed by atoms with Crippen LogP contribution in [0.15, 0.2) is 24.5 Å². The Bertz CT molecular complexity index is 910. The molecule has 0 bridgehead atoms. The molecule has 3 aromatic rings. The maximum Gasteiger partial charge on any atom is 0.312 e. The second-order valence-corrected chi connectivity index (χ2v) is 6.23. The molecule has 1 fully saturated rings. The summed E-state index contributed by atoms with van der Waals surface area (Å²) in [6, 6.07) is 4.95. The summed E-state index contributed by atoms with van der Waals surface area (Å²) in [6.07, 6.45) is 2.33. The summed E-state index contributed by atoms with van der Waals surface area (Å²) in [7, 11) is 0. The zero-order valence-corrected chi connectivity index (χ0v) is 13.9. The van der Waals surface area contributed by atoms with Crippen LogP contribution < -0.4 is 5.32 Å². The van der Waals surface area contributed by atoms with Gasteiger partial charge in [-0.05, 0) is 31.0 Å². The van der Waals surface area contributed by atoms with Crippen LogP contribution in [0, 0.1) is 6.08 Å². The van der Waals surface area contributed by atoms with E-state index in [4.69, 9.17) is 27.9 Å². The number of nitrogens with one attached hydrogen (secondary N) is 1. The van der Waals surface area contributed by atoms with Crippen molar-refractivity contribution >= 4 is 45.9 Å². The number of nitrogens with zero attached hydrogens (tertiary/aromatic N) is 4. The minimum atomic E-state index is -0.852. The Kier molecular flexibility index (Phi) is 3.99. The van der Waals surface area contributed by atoms with Crippen LogP contribution in [0.3, 0.4) is 0 Å². The molecule has 0 aliphatic carbocycles. The zero-order chi connectivity index (χ0) is 16.7. The molecule has 6 nitrogen and oxygen atoms in total. The number of hydrogen-bond donors (Lipinski definition) is 1. The van der Waals surface area contributed by atoms with Gasteiger partial charge in [-0.2, -0.15) is 14.4 Å². The van der Waals surface area contributed by atoms with Gasteiger partial charge >= 0.3 is 6.08 Å². The minimum Gasteiger partial charge on any atom is -0.358 e. The molecule has 1 aliphatic rings. The van der Waals surface area contributed by atoms with Crippen molar-refractivity contribution in [2.45, 2.75) is 19.1 Å². The predicted octanol–water partition coefficient (Wildman–Crippen LogP) is 4.32. The first kappa shape index (κ1) is 15.6. The molecule has 1 aromatic carbocycles. The zero-order valence-electron chi connectivity index (χ0n) is 12.3. The van der Waals surface area contributed by atoms with Crippen LogP contribution in [0.1, 0.15) is 19.1 Å². The third kappa shape index (κ3) is 2.79. The maximum absolute atomic E-state index is 13.9. The van der Waals surface area contributed by atoms with E-state index >= 15 is 0 Å². The first-order valence-corrected chi connectivity index (χ1v) is 8.11. The lowest BCUT2D eigenvalue weighted by Crippen LogP contribution is -2.08. The molecule has 24 heavy (non-hydrogen) atoms. The first-order valence-electron chi connectivity index (χ1n) is 7.35. The molecule has 1 N–H and O–H groups in total. The minimum absolute atomic E-state index is 0.184. The Labute approximate surface area is 146 Å². The van der Waals surface area contributed by atoms with Crippen LogP contribution in [0.5, 0.6) is 0 Å². The van der Waals surface area contributed by atoms with Crippen molar-refractivity contribution in [3.8, 4) is 0 Å². The van der Waals surface area contributed by atoms with Gasteiger partial charge in [0.2, 0.25) is 0 Å². The highest BCUT2D eigenvalue weighted by Crippen LogP contribution is 2.32. The van der Waals surface area contributed by atoms with Crippen molar-refractivity contribution in [3.63, 3.8) is 0 Å². The van der Waals surface area contributed by atoms with Crippen LogP contribution in [-0.4, -0.2) is 26.1 Å². The van der Waals surface area contributed by atoms with Crippen LogP contribution in [0.2, 0.25) is 10.0 Å². The molecule has 2 aromatic heterocycles. The van der Waals surface area contributed by atoms with E-state index < -0.39 is 6.08 Å². The van der Waals surface area contributed by atoms with Gasteiger partial charge < -0.3 is 10.1 Å². The highest BCUT2D eigenvalue weighted by atomic mass is 35.5. The van der Waals surface area contributed by atoms with Crippen LogP contribution in [0.4, 0.5) is 15.9 Å². The Morgan fingerprint density at radius 3 is 2.92 bits per heavy atom. The quantitative estimate of drug-likeness (QED) is 0.698. The molecule has 0 saturated carbocycles. The molecule has 1 saturated heterocycles. The fourth-order valence-electron chi connectivity index (χ4n) is 2.69. The number of imidazole rings is 1. The Hall–Kier alpha value is -1.96. The van der Waals surface area contributed by atoms with E-state index in [1.807, 2.05) is 0 Å². The molecule has 1 aliphatic heterocycles. The summed E-state index contributed by atoms with van der Waals surface area (Å²) >= 11 is 12.0. The van der Waals surface area contributed by atoms with Crippen molar-refractivity contribution in [2.75, 3.05) is 11.9 Å². The van der Waals surface area contributed by atoms with E-state index in [9.17, 15) is 4.39 Å². The van der Waals surface area contributed by atoms with E-state index in [1.165, 1.54) is 0 Å². The number of anilines is 2. The lowest BCUT2D eigenvalue weighted by molar-refractivity contribution is 0.0592. The largest absolute Gasteiger partial charge is 0.358 e. The standard InChI is InChI=1S/C15H12Cl2FN5O/c16-8-3-4-10(9(17)6-8)20-13-12-14(22-15(18)21-13)23(7-19-12)11-2-1-5-24-11/h3-4,6-7,11H,1-2,5H2,(H,20,21,22). The van der Waals surface area contributed by atoms with Gasteiger partial charge in [-0.25, -0.2) is 4.98 Å². The van der Waals surface area contributed by atoms with Gasteiger partial charge in [-0.15, -0.1) is 0 Å². The van der Waals surface area contributed by atoms with E-state index in [1.54, 1.807) is 29.1 Å². The molecule has 0 amide bonds. The SMILES string of the molecule is Fc1nc(Nc2ccc(Cl)cc2Cl)c2ncn(C3CCCO3)c2n1. The molecule has 1 unspecified atom stereocenters. The molecule has 4 rings (SSSR count). The second-order valence-electron chi connectivity index (χ2n) is 5.38. The second kappa shape index (κ2) is 6.16. The number of aromatic nitrogens is 4. The summed E-state index contributed by atoms with van der Waals surface area (Å²) < 4.78 is 21.3. The number of ether oxygens (including phenoxy) is 1. The van der Waals surface area contributed by atoms with Crippen LogP contribution in [-0.2, 0) is 4.74 Å². The summed E-state index contributed by atoms with van der Waals surface area (Å²) in [6.45, 7) is 0.670. The molecule has 9 heteroatoms. The number of hydrogen-bond acceptors (Lipinski definition) is 5. The molecular formula is C15H12Cl2FN5O. The highest BCUT2D eigenvalue weighted by molar-refractivity contribution is 6.36. The van der Waals surface area contributed by atoms with E-state index in [0.717, 1.165) is 12.8 Å². The number of halogens is 3. The van der Waals surface area contributed by atoms with Gasteiger partial charge in [0.15, 0.2) is 17.0 Å². The molecule has 124 valence electrons. The third-order valence-electron chi connectivity index (χ3n) is 3.79. The summed E-state index contributed by atoms with van der Waals surface area (Å²) in [5, 5.41) is 3.89. The monoisotopic (exact) mass is 367 g/mol. The normalized spacial score (nSPS) is 17.5. The van der Waals surface area contributed by atoms with Gasteiger partial charge in [0, 0.05) is 11.6 Å². The van der Waals surface area contributed by atoms with Crippen molar-refractivity contribution in [2.24, 2.45) is 0 Å². The van der Waals surface area contributed by atoms with E-state index in [0.29, 0.717) is 33.5 Å². The molecule has 0 radical (unpaired) electrons. The molecule has 1 atom stereocenters. The van der Waals surface area contributed by atoms with Gasteiger partial charge in [0.25, 0.3) is 0 Å². The number of benzene rings is 1. The smallest absolute Gasteiger partial charge is 0.312 e. The van der Waals surface area contributed by atoms with E-state index in [-0.39, 0.29) is 12.0 Å². The van der Waals surface area contributed by atoms with Gasteiger partial charge in [-0.3, -0.25) is 4.57 Å². The Morgan fingerprint density at radius 2 is 2.17 bits per heavy atom. The lowest BCUT2D eigenvalue weighted by atomic mass is 10.3. The molecular weight excluding hydrogens is 356 g/mol. The van der Waals surface area contributed by atoms with Crippen molar-refractivity contribution in [3.05, 3.63) is 40.6 Å². The number of fused-ring (bicyclic) bond motifs is 1. The fourth-order valence-corrected chi connectivity index (χ4v) is 3.14. The summed E-state index contributed by atoms with van der Waals surface area (Å²) in [4.78, 5) is 12.0. The summed E-state index contributed by atoms with van der Waals surface area (Å²) in [5.74, 6) is 0.235. The van der Waals surface area contributed by atoms with Gasteiger partial charge in [0.1, 0.15) is 6.23 Å². The molecule has 3 heterocycles. The van der Waals surface area contributed by atoms with Gasteiger partial charge in [-0.1, -0.05) is 23.2 Å². The number of rotatable bonds is 3. The Balaban J connectivity index is 1.77. The van der Waals surface area contributed by atoms with Crippen molar-refractivity contribution < 1.29 is 9.13 Å². The predicted molar refractivity (Wildman–Crippen MR) is 89.2 cm³/mol. The molecule has 0 spiro atoms. The highest BCUT2D eigenvalue weighted by Gasteiger charge is 2.22. The maximum atomic E-state index is 13.9. The van der Waals surface area contributed by atoms with Crippen molar-refractivity contribution in [1.29, 1.82) is 0 Å². The average Bonchev–Trinajstić information content (AvgIpc) is 3.18. The first-order chi connectivity index (χ1) is 11.6. The van der Waals surface area contributed by atoms with Crippen LogP contribution in [0.25, 0.3) is 11.2 Å². The van der Waals surface area contributed by atoms with Crippen molar-refractivity contribution in [1.82, 2.24) is 19.5 Å². The summed E-state index contributed by atoms with van der Waals surface area (Å²) in [5.41, 5.74) is 1.37. The lowest BCUT2D eigenvalue weighted by Gasteiger charge is -2.12. The van der Waals surface area contributed by atoms with Gasteiger partial charge in [0.05, 0.1) is 17.0 Å². The Morgan fingerprint density at radius 1 is 1.29 bits per heavy atom. The van der Waals surface area contributed by atoms with E-state index in [2.05, 4.69) is 20.3 Å². The van der Waals surface area contributed by atoms with Crippen LogP contribution >= 0.6 is 23.2 Å². The topological polar surface area (TPSA) is 64.9 Å². The average molecular weight is 368 g/mol. The third-order valence-corrected chi connectivity index (χ3v) is 4.34. The fraction of sp³-hybridized carbons (Fsp3) is 0.267.